The number of fused-ring (bicyclic) bond motifs is 2. The second kappa shape index (κ2) is 4.47. The van der Waals surface area contributed by atoms with Crippen molar-refractivity contribution in [2.24, 2.45) is 29.6 Å². The molecule has 0 aromatic carbocycles. The molecule has 21 heavy (non-hydrogen) atoms. The molecular weight excluding hydrogens is 260 g/mol. The van der Waals surface area contributed by atoms with Crippen LogP contribution < -0.4 is 0 Å². The lowest BCUT2D eigenvalue weighted by atomic mass is 9.62. The average Bonchev–Trinajstić information content (AvgIpc) is 3.23. The van der Waals surface area contributed by atoms with Crippen LogP contribution in [0.15, 0.2) is 0 Å². The lowest BCUT2D eigenvalue weighted by molar-refractivity contribution is 0.104. The van der Waals surface area contributed by atoms with Gasteiger partial charge in [-0.25, -0.2) is 0 Å². The molecule has 0 aromatic heterocycles. The minimum atomic E-state index is 0.212. The zero-order valence-corrected chi connectivity index (χ0v) is 14.4. The lowest BCUT2D eigenvalue weighted by Crippen LogP contribution is -2.40. The summed E-state index contributed by atoms with van der Waals surface area (Å²) in [6.07, 6.45) is 7.65. The van der Waals surface area contributed by atoms with E-state index in [0.717, 1.165) is 29.6 Å². The normalized spacial score (nSPS) is 59.9. The van der Waals surface area contributed by atoms with Crippen molar-refractivity contribution in [3.8, 4) is 0 Å². The molecule has 0 radical (unpaired) electrons. The van der Waals surface area contributed by atoms with Crippen molar-refractivity contribution in [3.05, 3.63) is 0 Å². The summed E-state index contributed by atoms with van der Waals surface area (Å²) in [5.74, 6) is 3.98. The van der Waals surface area contributed by atoms with Gasteiger partial charge in [-0.2, -0.15) is 0 Å². The molecule has 8 atom stereocenters. The number of rotatable bonds is 3. The fourth-order valence-electron chi connectivity index (χ4n) is 6.37. The Labute approximate surface area is 130 Å². The molecule has 0 bridgehead atoms. The van der Waals surface area contributed by atoms with Gasteiger partial charge in [-0.05, 0) is 69.1 Å². The van der Waals surface area contributed by atoms with Gasteiger partial charge in [-0.3, -0.25) is 0 Å². The first-order valence-electron chi connectivity index (χ1n) is 9.22. The fourth-order valence-corrected chi connectivity index (χ4v) is 6.37. The second-order valence-electron chi connectivity index (χ2n) is 9.19. The highest BCUT2D eigenvalue weighted by molar-refractivity contribution is 5.13. The van der Waals surface area contributed by atoms with E-state index >= 15 is 0 Å². The lowest BCUT2D eigenvalue weighted by Gasteiger charge is -2.39. The first kappa shape index (κ1) is 14.5. The topological polar surface area (TPSA) is 25.1 Å². The third-order valence-electron chi connectivity index (χ3n) is 7.09. The Morgan fingerprint density at radius 2 is 1.33 bits per heavy atom. The predicted octanol–water partition coefficient (Wildman–Crippen LogP) is 4.42. The van der Waals surface area contributed by atoms with Crippen molar-refractivity contribution in [1.29, 1.82) is 0 Å². The number of hydrogen-bond acceptors (Lipinski definition) is 2. The molecule has 2 saturated heterocycles. The molecule has 2 saturated carbocycles. The van der Waals surface area contributed by atoms with Crippen molar-refractivity contribution >= 4 is 0 Å². The Kier molecular flexibility index (Phi) is 3.09. The van der Waals surface area contributed by atoms with Crippen molar-refractivity contribution in [2.45, 2.75) is 90.1 Å². The molecule has 2 aliphatic carbocycles. The summed E-state index contributed by atoms with van der Waals surface area (Å²) in [7, 11) is 0. The Morgan fingerprint density at radius 1 is 0.905 bits per heavy atom. The minimum Gasteiger partial charge on any atom is -0.366 e. The third kappa shape index (κ3) is 2.20. The van der Waals surface area contributed by atoms with Gasteiger partial charge in [-0.15, -0.1) is 0 Å². The molecule has 0 spiro atoms. The van der Waals surface area contributed by atoms with Crippen LogP contribution in [-0.2, 0) is 9.47 Å². The first-order valence-corrected chi connectivity index (χ1v) is 9.22. The maximum Gasteiger partial charge on any atom is 0.0926 e. The van der Waals surface area contributed by atoms with Gasteiger partial charge in [0.25, 0.3) is 0 Å². The molecule has 2 heterocycles. The van der Waals surface area contributed by atoms with Crippen LogP contribution >= 0.6 is 0 Å². The van der Waals surface area contributed by atoms with Crippen molar-refractivity contribution in [2.75, 3.05) is 0 Å². The van der Waals surface area contributed by atoms with Gasteiger partial charge in [0, 0.05) is 0 Å². The van der Waals surface area contributed by atoms with Gasteiger partial charge in [0.05, 0.1) is 23.4 Å². The number of ether oxygens (including phenoxy) is 2. The molecule has 120 valence electrons. The molecule has 0 N–H and O–H groups in total. The highest BCUT2D eigenvalue weighted by Gasteiger charge is 2.65. The maximum atomic E-state index is 6.18. The van der Waals surface area contributed by atoms with Crippen LogP contribution in [0.4, 0.5) is 0 Å². The standard InChI is InChI=1S/C19H32O2/c1-6-13(14-7-11(2)9-18(4)16(14)20-18)15-8-12(3)10-19(5)17(15)21-19/h11-17H,6-10H2,1-5H3. The van der Waals surface area contributed by atoms with Gasteiger partial charge in [0.1, 0.15) is 0 Å². The Morgan fingerprint density at radius 3 is 1.71 bits per heavy atom. The van der Waals surface area contributed by atoms with Gasteiger partial charge < -0.3 is 9.47 Å². The Hall–Kier alpha value is -0.0800. The molecule has 4 rings (SSSR count). The molecule has 2 aliphatic heterocycles. The van der Waals surface area contributed by atoms with E-state index in [0.29, 0.717) is 12.2 Å². The first-order chi connectivity index (χ1) is 9.86. The van der Waals surface area contributed by atoms with E-state index in [9.17, 15) is 0 Å². The van der Waals surface area contributed by atoms with Crippen LogP contribution in [0, 0.1) is 29.6 Å². The summed E-state index contributed by atoms with van der Waals surface area (Å²) >= 11 is 0. The molecule has 2 heteroatoms. The Bertz CT molecular complexity index is 397. The molecule has 4 fully saturated rings. The molecule has 4 aliphatic rings. The minimum absolute atomic E-state index is 0.212. The summed E-state index contributed by atoms with van der Waals surface area (Å²) in [5, 5.41) is 0. The highest BCUT2D eigenvalue weighted by Crippen LogP contribution is 2.60. The van der Waals surface area contributed by atoms with Crippen molar-refractivity contribution in [1.82, 2.24) is 0 Å². The highest BCUT2D eigenvalue weighted by atomic mass is 16.6. The molecule has 0 amide bonds. The molecule has 0 aromatic rings. The van der Waals surface area contributed by atoms with Gasteiger partial charge >= 0.3 is 0 Å². The maximum absolute atomic E-state index is 6.18. The molecule has 8 unspecified atom stereocenters. The van der Waals surface area contributed by atoms with E-state index in [2.05, 4.69) is 34.6 Å². The van der Waals surface area contributed by atoms with E-state index < -0.39 is 0 Å². The van der Waals surface area contributed by atoms with Crippen molar-refractivity contribution < 1.29 is 9.47 Å². The van der Waals surface area contributed by atoms with Crippen LogP contribution in [-0.4, -0.2) is 23.4 Å². The fraction of sp³-hybridized carbons (Fsp3) is 1.00. The largest absolute Gasteiger partial charge is 0.366 e. The quantitative estimate of drug-likeness (QED) is 0.719. The van der Waals surface area contributed by atoms with Crippen LogP contribution in [0.3, 0.4) is 0 Å². The summed E-state index contributed by atoms with van der Waals surface area (Å²) < 4.78 is 12.4. The summed E-state index contributed by atoms with van der Waals surface area (Å²) in [5.41, 5.74) is 0.424. The van der Waals surface area contributed by atoms with E-state index in [1.165, 1.54) is 32.1 Å². The SMILES string of the molecule is CCC(C1CC(C)CC2(C)OC12)C1CC(C)CC2(C)OC12. The van der Waals surface area contributed by atoms with Gasteiger partial charge in [-0.1, -0.05) is 27.2 Å². The Balaban J connectivity index is 1.55. The van der Waals surface area contributed by atoms with Crippen LogP contribution in [0.1, 0.15) is 66.7 Å². The number of hydrogen-bond donors (Lipinski definition) is 0. The zero-order chi connectivity index (χ0) is 15.0. The molecule has 2 nitrogen and oxygen atoms in total. The van der Waals surface area contributed by atoms with E-state index in [-0.39, 0.29) is 11.2 Å². The van der Waals surface area contributed by atoms with Gasteiger partial charge in [0.15, 0.2) is 0 Å². The summed E-state index contributed by atoms with van der Waals surface area (Å²) in [6.45, 7) is 11.9. The zero-order valence-electron chi connectivity index (χ0n) is 14.4. The van der Waals surface area contributed by atoms with Crippen LogP contribution in [0.5, 0.6) is 0 Å². The summed E-state index contributed by atoms with van der Waals surface area (Å²) in [6, 6.07) is 0. The number of epoxide rings is 2. The summed E-state index contributed by atoms with van der Waals surface area (Å²) in [4.78, 5) is 0. The molecular formula is C19H32O2. The smallest absolute Gasteiger partial charge is 0.0926 e. The predicted molar refractivity (Wildman–Crippen MR) is 84.1 cm³/mol. The monoisotopic (exact) mass is 292 g/mol. The third-order valence-corrected chi connectivity index (χ3v) is 7.09. The van der Waals surface area contributed by atoms with Crippen LogP contribution in [0.2, 0.25) is 0 Å². The van der Waals surface area contributed by atoms with Crippen LogP contribution in [0.25, 0.3) is 0 Å². The second-order valence-corrected chi connectivity index (χ2v) is 9.19. The van der Waals surface area contributed by atoms with E-state index in [1.54, 1.807) is 0 Å². The van der Waals surface area contributed by atoms with E-state index in [4.69, 9.17) is 9.47 Å². The van der Waals surface area contributed by atoms with E-state index in [1.807, 2.05) is 0 Å². The van der Waals surface area contributed by atoms with Gasteiger partial charge in [0.2, 0.25) is 0 Å². The average molecular weight is 292 g/mol. The van der Waals surface area contributed by atoms with Crippen molar-refractivity contribution in [3.63, 3.8) is 0 Å².